The highest BCUT2D eigenvalue weighted by atomic mass is 19.4. The molecule has 1 aromatic rings. The molecule has 7 heteroatoms. The summed E-state index contributed by atoms with van der Waals surface area (Å²) < 4.78 is 53.0. The summed E-state index contributed by atoms with van der Waals surface area (Å²) in [7, 11) is 0. The predicted molar refractivity (Wildman–Crippen MR) is 85.9 cm³/mol. The van der Waals surface area contributed by atoms with Gasteiger partial charge in [-0.25, -0.2) is 4.39 Å². The van der Waals surface area contributed by atoms with Crippen molar-refractivity contribution in [3.05, 3.63) is 35.1 Å². The molecule has 3 rings (SSSR count). The van der Waals surface area contributed by atoms with Crippen LogP contribution >= 0.6 is 0 Å². The van der Waals surface area contributed by atoms with E-state index in [9.17, 15) is 22.4 Å². The number of halogens is 4. The monoisotopic (exact) mass is 358 g/mol. The number of nitrogens with zero attached hydrogens (tertiary/aromatic N) is 1. The van der Waals surface area contributed by atoms with Gasteiger partial charge in [0.15, 0.2) is 0 Å². The fourth-order valence-electron chi connectivity index (χ4n) is 3.73. The largest absolute Gasteiger partial charge is 0.393 e. The van der Waals surface area contributed by atoms with Crippen molar-refractivity contribution in [1.82, 2.24) is 10.2 Å². The van der Waals surface area contributed by atoms with Gasteiger partial charge in [-0.1, -0.05) is 0 Å². The number of piperidine rings is 2. The Balaban J connectivity index is 1.77. The fraction of sp³-hybridized carbons (Fsp3) is 0.611. The molecule has 2 heterocycles. The zero-order valence-electron chi connectivity index (χ0n) is 13.9. The molecule has 0 aliphatic carbocycles. The molecular weight excluding hydrogens is 336 g/mol. The van der Waals surface area contributed by atoms with Gasteiger partial charge in [-0.05, 0) is 68.5 Å². The van der Waals surface area contributed by atoms with Gasteiger partial charge in [0.2, 0.25) is 0 Å². The summed E-state index contributed by atoms with van der Waals surface area (Å²) in [6, 6.07) is 4.17. The normalized spacial score (nSPS) is 22.9. The molecule has 2 aliphatic rings. The van der Waals surface area contributed by atoms with Crippen LogP contribution in [-0.4, -0.2) is 43.2 Å². The van der Waals surface area contributed by atoms with Crippen LogP contribution in [0.25, 0.3) is 0 Å². The molecule has 1 atom stereocenters. The third kappa shape index (κ3) is 4.14. The second-order valence-corrected chi connectivity index (χ2v) is 6.89. The summed E-state index contributed by atoms with van der Waals surface area (Å²) in [6.45, 7) is 1.58. The second-order valence-electron chi connectivity index (χ2n) is 6.89. The van der Waals surface area contributed by atoms with Crippen molar-refractivity contribution in [2.45, 2.75) is 37.8 Å². The zero-order valence-corrected chi connectivity index (χ0v) is 13.9. The van der Waals surface area contributed by atoms with Crippen molar-refractivity contribution in [1.29, 1.82) is 0 Å². The maximum Gasteiger partial charge on any atom is 0.393 e. The van der Waals surface area contributed by atoms with Crippen LogP contribution in [0.5, 0.6) is 0 Å². The number of carbonyl (C=O) groups is 1. The molecule has 0 saturated carbocycles. The number of hydrogen-bond donors (Lipinski definition) is 1. The Morgan fingerprint density at radius 3 is 2.56 bits per heavy atom. The minimum atomic E-state index is -4.29. The molecule has 0 bridgehead atoms. The van der Waals surface area contributed by atoms with Crippen LogP contribution in [-0.2, 0) is 0 Å². The van der Waals surface area contributed by atoms with Crippen LogP contribution in [0.2, 0.25) is 0 Å². The molecule has 0 aromatic heterocycles. The first-order valence-electron chi connectivity index (χ1n) is 8.72. The van der Waals surface area contributed by atoms with Crippen LogP contribution in [0, 0.1) is 11.7 Å². The van der Waals surface area contributed by atoms with Crippen LogP contribution < -0.4 is 5.32 Å². The maximum atomic E-state index is 14.2. The lowest BCUT2D eigenvalue weighted by Gasteiger charge is -2.34. The van der Waals surface area contributed by atoms with Crippen molar-refractivity contribution in [3.63, 3.8) is 0 Å². The molecule has 2 fully saturated rings. The average Bonchev–Trinajstić information content (AvgIpc) is 2.62. The molecule has 0 radical (unpaired) electrons. The number of carbonyl (C=O) groups excluding carboxylic acids is 1. The zero-order chi connectivity index (χ0) is 18.0. The van der Waals surface area contributed by atoms with Gasteiger partial charge in [0.05, 0.1) is 5.92 Å². The van der Waals surface area contributed by atoms with Gasteiger partial charge in [0, 0.05) is 18.7 Å². The van der Waals surface area contributed by atoms with Gasteiger partial charge < -0.3 is 10.2 Å². The minimum Gasteiger partial charge on any atom is -0.338 e. The molecule has 3 nitrogen and oxygen atoms in total. The number of hydrogen-bond acceptors (Lipinski definition) is 2. The van der Waals surface area contributed by atoms with E-state index in [1.165, 1.54) is 23.1 Å². The van der Waals surface area contributed by atoms with Gasteiger partial charge >= 0.3 is 6.18 Å². The molecule has 1 aromatic carbocycles. The standard InChI is InChI=1S/C18H22F4N2O/c19-16-4-3-13(10-15(16)12-5-7-23-8-6-12)17(25)24-9-1-2-14(11-24)18(20,21)22/h3-4,10,12,14,23H,1-2,5-9,11H2. The smallest absolute Gasteiger partial charge is 0.338 e. The van der Waals surface area contributed by atoms with Crippen LogP contribution in [0.15, 0.2) is 18.2 Å². The Morgan fingerprint density at radius 2 is 1.88 bits per heavy atom. The van der Waals surface area contributed by atoms with Crippen LogP contribution in [0.4, 0.5) is 17.6 Å². The van der Waals surface area contributed by atoms with Crippen molar-refractivity contribution in [2.75, 3.05) is 26.2 Å². The molecule has 1 N–H and O–H groups in total. The molecule has 2 aliphatic heterocycles. The SMILES string of the molecule is O=C(c1ccc(F)c(C2CCNCC2)c1)N1CCCC(C(F)(F)F)C1. The average molecular weight is 358 g/mol. The number of benzene rings is 1. The van der Waals surface area contributed by atoms with E-state index in [4.69, 9.17) is 0 Å². The Hall–Kier alpha value is -1.63. The molecule has 25 heavy (non-hydrogen) atoms. The summed E-state index contributed by atoms with van der Waals surface area (Å²) in [4.78, 5) is 13.9. The number of alkyl halides is 3. The lowest BCUT2D eigenvalue weighted by atomic mass is 9.88. The Labute approximate surface area is 144 Å². The molecular formula is C18H22F4N2O. The molecule has 1 amide bonds. The van der Waals surface area contributed by atoms with E-state index < -0.39 is 18.0 Å². The lowest BCUT2D eigenvalue weighted by Crippen LogP contribution is -2.44. The first-order chi connectivity index (χ1) is 11.9. The fourth-order valence-corrected chi connectivity index (χ4v) is 3.73. The van der Waals surface area contributed by atoms with Gasteiger partial charge in [0.1, 0.15) is 5.82 Å². The predicted octanol–water partition coefficient (Wildman–Crippen LogP) is 3.71. The quantitative estimate of drug-likeness (QED) is 0.818. The minimum absolute atomic E-state index is 0.0401. The second kappa shape index (κ2) is 7.32. The third-order valence-electron chi connectivity index (χ3n) is 5.19. The van der Waals surface area contributed by atoms with Gasteiger partial charge in [-0.2, -0.15) is 13.2 Å². The Morgan fingerprint density at radius 1 is 1.16 bits per heavy atom. The summed E-state index contributed by atoms with van der Waals surface area (Å²) >= 11 is 0. The number of likely N-dealkylation sites (tertiary alicyclic amines) is 1. The van der Waals surface area contributed by atoms with E-state index >= 15 is 0 Å². The van der Waals surface area contributed by atoms with Crippen LogP contribution in [0.3, 0.4) is 0 Å². The van der Waals surface area contributed by atoms with Gasteiger partial charge in [-0.3, -0.25) is 4.79 Å². The van der Waals surface area contributed by atoms with E-state index in [1.54, 1.807) is 0 Å². The van der Waals surface area contributed by atoms with Crippen molar-refractivity contribution >= 4 is 5.91 Å². The Bertz CT molecular complexity index is 626. The van der Waals surface area contributed by atoms with Crippen molar-refractivity contribution < 1.29 is 22.4 Å². The Kier molecular flexibility index (Phi) is 5.32. The summed E-state index contributed by atoms with van der Waals surface area (Å²) in [6.07, 6.45) is -2.33. The summed E-state index contributed by atoms with van der Waals surface area (Å²) in [5.74, 6) is -2.23. The molecule has 1 unspecified atom stereocenters. The maximum absolute atomic E-state index is 14.2. The number of amides is 1. The van der Waals surface area contributed by atoms with E-state index in [0.717, 1.165) is 25.9 Å². The lowest BCUT2D eigenvalue weighted by molar-refractivity contribution is -0.184. The van der Waals surface area contributed by atoms with E-state index in [1.807, 2.05) is 0 Å². The van der Waals surface area contributed by atoms with E-state index in [-0.39, 0.29) is 30.3 Å². The highest BCUT2D eigenvalue weighted by molar-refractivity contribution is 5.94. The van der Waals surface area contributed by atoms with E-state index in [0.29, 0.717) is 18.5 Å². The van der Waals surface area contributed by atoms with Crippen molar-refractivity contribution in [3.8, 4) is 0 Å². The van der Waals surface area contributed by atoms with Gasteiger partial charge in [0.25, 0.3) is 5.91 Å². The first-order valence-corrected chi connectivity index (χ1v) is 8.72. The highest BCUT2D eigenvalue weighted by Gasteiger charge is 2.42. The molecule has 0 spiro atoms. The van der Waals surface area contributed by atoms with Gasteiger partial charge in [-0.15, -0.1) is 0 Å². The van der Waals surface area contributed by atoms with Crippen molar-refractivity contribution in [2.24, 2.45) is 5.92 Å². The van der Waals surface area contributed by atoms with E-state index in [2.05, 4.69) is 5.32 Å². The summed E-state index contributed by atoms with van der Waals surface area (Å²) in [5, 5.41) is 3.21. The number of nitrogens with one attached hydrogen (secondary N) is 1. The molecule has 138 valence electrons. The summed E-state index contributed by atoms with van der Waals surface area (Å²) in [5.41, 5.74) is 0.773. The third-order valence-corrected chi connectivity index (χ3v) is 5.19. The number of rotatable bonds is 2. The molecule has 2 saturated heterocycles. The highest BCUT2D eigenvalue weighted by Crippen LogP contribution is 2.34. The first kappa shape index (κ1) is 18.2. The topological polar surface area (TPSA) is 32.3 Å². The van der Waals surface area contributed by atoms with Crippen LogP contribution in [0.1, 0.15) is 47.5 Å².